The van der Waals surface area contributed by atoms with Gasteiger partial charge in [0.15, 0.2) is 0 Å². The highest BCUT2D eigenvalue weighted by molar-refractivity contribution is 6.31. The van der Waals surface area contributed by atoms with Crippen molar-refractivity contribution in [1.82, 2.24) is 4.90 Å². The van der Waals surface area contributed by atoms with Crippen molar-refractivity contribution in [2.75, 3.05) is 14.2 Å². The number of hydrogen-bond acceptors (Lipinski definition) is 3. The number of esters is 1. The number of methoxy groups -OCH3 is 1. The van der Waals surface area contributed by atoms with Crippen LogP contribution >= 0.6 is 11.6 Å². The van der Waals surface area contributed by atoms with Crippen LogP contribution in [-0.2, 0) is 14.3 Å². The first-order valence-electron chi connectivity index (χ1n) is 6.38. The van der Waals surface area contributed by atoms with Gasteiger partial charge < -0.3 is 9.64 Å². The highest BCUT2D eigenvalue weighted by Crippen LogP contribution is 2.40. The Balaban J connectivity index is 2.65. The van der Waals surface area contributed by atoms with Gasteiger partial charge in [-0.2, -0.15) is 0 Å². The summed E-state index contributed by atoms with van der Waals surface area (Å²) in [7, 11) is 2.82. The monoisotopic (exact) mass is 311 g/mol. The molecule has 0 saturated carbocycles. The van der Waals surface area contributed by atoms with Crippen LogP contribution in [0.5, 0.6) is 0 Å². The van der Waals surface area contributed by atoms with Crippen molar-refractivity contribution in [2.45, 2.75) is 19.3 Å². The predicted octanol–water partition coefficient (Wildman–Crippen LogP) is 2.87. The van der Waals surface area contributed by atoms with Gasteiger partial charge in [0.25, 0.3) is 0 Å². The van der Waals surface area contributed by atoms with Gasteiger partial charge in [0.2, 0.25) is 5.91 Å². The molecule has 1 aliphatic heterocycles. The fourth-order valence-electron chi connectivity index (χ4n) is 2.52. The van der Waals surface area contributed by atoms with Crippen LogP contribution in [0, 0.1) is 5.82 Å². The number of halogens is 2. The van der Waals surface area contributed by atoms with Crippen molar-refractivity contribution in [2.24, 2.45) is 0 Å². The molecular formula is C15H15ClFNO3. The minimum atomic E-state index is -0.741. The maximum atomic E-state index is 14.1. The molecule has 0 spiro atoms. The normalized spacial score (nSPS) is 19.0. The van der Waals surface area contributed by atoms with Crippen LogP contribution in [0.4, 0.5) is 4.39 Å². The summed E-state index contributed by atoms with van der Waals surface area (Å²) in [6, 6.07) is 4.27. The van der Waals surface area contributed by atoms with E-state index in [1.807, 2.05) is 0 Å². The molecule has 2 rings (SSSR count). The second kappa shape index (κ2) is 5.85. The predicted molar refractivity (Wildman–Crippen MR) is 76.3 cm³/mol. The molecule has 1 atom stereocenters. The fraction of sp³-hybridized carbons (Fsp3) is 0.333. The van der Waals surface area contributed by atoms with Crippen LogP contribution in [-0.4, -0.2) is 30.9 Å². The lowest BCUT2D eigenvalue weighted by Gasteiger charge is -2.32. The average Bonchev–Trinajstić information content (AvgIpc) is 2.44. The molecular weight excluding hydrogens is 297 g/mol. The zero-order chi connectivity index (χ0) is 15.7. The number of amides is 1. The lowest BCUT2D eigenvalue weighted by atomic mass is 9.83. The standard InChI is InChI=1S/C15H15ClFNO3/c1-8-13(15(20)21-3)9(7-12(19)18(8)2)14-10(16)5-4-6-11(14)17/h4-6,9H,7H2,1-3H3/t9-/m0/s1. The van der Waals surface area contributed by atoms with E-state index in [0.29, 0.717) is 5.70 Å². The fourth-order valence-corrected chi connectivity index (χ4v) is 2.82. The summed E-state index contributed by atoms with van der Waals surface area (Å²) >= 11 is 6.07. The van der Waals surface area contributed by atoms with Crippen LogP contribution in [0.15, 0.2) is 29.5 Å². The zero-order valence-corrected chi connectivity index (χ0v) is 12.7. The molecule has 0 aliphatic carbocycles. The van der Waals surface area contributed by atoms with Crippen LogP contribution in [0.3, 0.4) is 0 Å². The van der Waals surface area contributed by atoms with Crippen molar-refractivity contribution >= 4 is 23.5 Å². The van der Waals surface area contributed by atoms with E-state index in [9.17, 15) is 14.0 Å². The lowest BCUT2D eigenvalue weighted by molar-refractivity contribution is -0.137. The lowest BCUT2D eigenvalue weighted by Crippen LogP contribution is -2.36. The molecule has 6 heteroatoms. The molecule has 0 aromatic heterocycles. The van der Waals surface area contributed by atoms with E-state index in [-0.39, 0.29) is 28.5 Å². The zero-order valence-electron chi connectivity index (χ0n) is 11.9. The smallest absolute Gasteiger partial charge is 0.336 e. The van der Waals surface area contributed by atoms with Crippen LogP contribution in [0.2, 0.25) is 5.02 Å². The molecule has 0 bridgehead atoms. The quantitative estimate of drug-likeness (QED) is 0.789. The van der Waals surface area contributed by atoms with E-state index in [4.69, 9.17) is 16.3 Å². The molecule has 21 heavy (non-hydrogen) atoms. The topological polar surface area (TPSA) is 46.6 Å². The third-order valence-electron chi connectivity index (χ3n) is 3.75. The Hall–Kier alpha value is -1.88. The number of allylic oxidation sites excluding steroid dienone is 1. The van der Waals surface area contributed by atoms with Gasteiger partial charge in [0, 0.05) is 35.7 Å². The second-order valence-corrected chi connectivity index (χ2v) is 5.24. The van der Waals surface area contributed by atoms with E-state index in [1.165, 1.54) is 30.2 Å². The van der Waals surface area contributed by atoms with Crippen molar-refractivity contribution in [3.05, 3.63) is 45.9 Å². The first-order chi connectivity index (χ1) is 9.88. The van der Waals surface area contributed by atoms with Gasteiger partial charge in [0.05, 0.1) is 12.7 Å². The van der Waals surface area contributed by atoms with Crippen molar-refractivity contribution in [3.8, 4) is 0 Å². The van der Waals surface area contributed by atoms with Crippen molar-refractivity contribution in [1.29, 1.82) is 0 Å². The highest BCUT2D eigenvalue weighted by atomic mass is 35.5. The minimum Gasteiger partial charge on any atom is -0.466 e. The largest absolute Gasteiger partial charge is 0.466 e. The van der Waals surface area contributed by atoms with E-state index < -0.39 is 17.7 Å². The number of benzene rings is 1. The number of nitrogens with zero attached hydrogens (tertiary/aromatic N) is 1. The molecule has 0 radical (unpaired) electrons. The summed E-state index contributed by atoms with van der Waals surface area (Å²) in [4.78, 5) is 25.5. The van der Waals surface area contributed by atoms with Gasteiger partial charge in [-0.25, -0.2) is 9.18 Å². The van der Waals surface area contributed by atoms with Crippen molar-refractivity contribution in [3.63, 3.8) is 0 Å². The molecule has 1 heterocycles. The SMILES string of the molecule is COC(=O)C1=C(C)N(C)C(=O)C[C@@H]1c1c(F)cccc1Cl. The highest BCUT2D eigenvalue weighted by Gasteiger charge is 2.37. The first kappa shape index (κ1) is 15.5. The van der Waals surface area contributed by atoms with E-state index >= 15 is 0 Å². The summed E-state index contributed by atoms with van der Waals surface area (Å²) in [6.45, 7) is 1.63. The summed E-state index contributed by atoms with van der Waals surface area (Å²) in [6.07, 6.45) is -0.0288. The molecule has 1 aromatic rings. The molecule has 0 unspecified atom stereocenters. The van der Waals surface area contributed by atoms with Gasteiger partial charge in [-0.15, -0.1) is 0 Å². The second-order valence-electron chi connectivity index (χ2n) is 4.84. The third-order valence-corrected chi connectivity index (χ3v) is 4.08. The van der Waals surface area contributed by atoms with E-state index in [2.05, 4.69) is 0 Å². The average molecular weight is 312 g/mol. The van der Waals surface area contributed by atoms with Crippen LogP contribution in [0.1, 0.15) is 24.8 Å². The molecule has 4 nitrogen and oxygen atoms in total. The van der Waals surface area contributed by atoms with Gasteiger partial charge >= 0.3 is 5.97 Å². The van der Waals surface area contributed by atoms with E-state index in [1.54, 1.807) is 14.0 Å². The summed E-state index contributed by atoms with van der Waals surface area (Å²) in [5, 5.41) is 0.187. The molecule has 1 aliphatic rings. The minimum absolute atomic E-state index is 0.0288. The molecule has 1 aromatic carbocycles. The number of rotatable bonds is 2. The summed E-state index contributed by atoms with van der Waals surface area (Å²) < 4.78 is 18.9. The van der Waals surface area contributed by atoms with Crippen LogP contribution in [0.25, 0.3) is 0 Å². The first-order valence-corrected chi connectivity index (χ1v) is 6.75. The molecule has 0 fully saturated rings. The Morgan fingerprint density at radius 3 is 2.71 bits per heavy atom. The number of carbonyl (C=O) groups is 2. The molecule has 0 saturated heterocycles. The molecule has 0 N–H and O–H groups in total. The third kappa shape index (κ3) is 2.65. The molecule has 112 valence electrons. The molecule has 1 amide bonds. The van der Waals surface area contributed by atoms with Crippen LogP contribution < -0.4 is 0 Å². The Morgan fingerprint density at radius 1 is 1.48 bits per heavy atom. The maximum Gasteiger partial charge on any atom is 0.336 e. The Kier molecular flexibility index (Phi) is 4.32. The maximum absolute atomic E-state index is 14.1. The number of ether oxygens (including phenoxy) is 1. The van der Waals surface area contributed by atoms with E-state index in [0.717, 1.165) is 0 Å². The van der Waals surface area contributed by atoms with Gasteiger partial charge in [-0.3, -0.25) is 4.79 Å². The summed E-state index contributed by atoms with van der Waals surface area (Å²) in [5.41, 5.74) is 0.856. The Labute approximate surface area is 127 Å². The summed E-state index contributed by atoms with van der Waals surface area (Å²) in [5.74, 6) is -2.07. The Bertz CT molecular complexity index is 622. The van der Waals surface area contributed by atoms with Gasteiger partial charge in [0.1, 0.15) is 5.82 Å². The number of hydrogen-bond donors (Lipinski definition) is 0. The Morgan fingerprint density at radius 2 is 2.14 bits per heavy atom. The number of carbonyl (C=O) groups excluding carboxylic acids is 2. The van der Waals surface area contributed by atoms with Gasteiger partial charge in [-0.05, 0) is 19.1 Å². The van der Waals surface area contributed by atoms with Gasteiger partial charge in [-0.1, -0.05) is 17.7 Å². The van der Waals surface area contributed by atoms with Crippen molar-refractivity contribution < 1.29 is 18.7 Å².